The van der Waals surface area contributed by atoms with Gasteiger partial charge in [-0.25, -0.2) is 4.98 Å². The predicted molar refractivity (Wildman–Crippen MR) is 47.9 cm³/mol. The smallest absolute Gasteiger partial charge is 0.213 e. The number of amides is 1. The number of anilines is 1. The van der Waals surface area contributed by atoms with Crippen LogP contribution in [0.15, 0.2) is 5.38 Å². The molecule has 1 aromatic heterocycles. The molecule has 0 bridgehead atoms. The van der Waals surface area contributed by atoms with Gasteiger partial charge in [-0.1, -0.05) is 13.8 Å². The van der Waals surface area contributed by atoms with Gasteiger partial charge in [0.25, 0.3) is 0 Å². The molecule has 1 aromatic rings. The number of nitrogens with zero attached hydrogens (tertiary/aromatic N) is 1. The highest BCUT2D eigenvalue weighted by Crippen LogP contribution is 2.12. The lowest BCUT2D eigenvalue weighted by Crippen LogP contribution is -1.91. The molecular weight excluding hydrogens is 160 g/mol. The second kappa shape index (κ2) is 5.85. The maximum atomic E-state index is 9.84. The van der Waals surface area contributed by atoms with Crippen molar-refractivity contribution in [1.29, 1.82) is 0 Å². The van der Waals surface area contributed by atoms with Crippen molar-refractivity contribution in [3.63, 3.8) is 0 Å². The molecule has 1 heterocycles. The summed E-state index contributed by atoms with van der Waals surface area (Å²) in [4.78, 5) is 13.8. The monoisotopic (exact) mass is 172 g/mol. The molecule has 11 heavy (non-hydrogen) atoms. The van der Waals surface area contributed by atoms with E-state index in [-0.39, 0.29) is 0 Å². The van der Waals surface area contributed by atoms with Gasteiger partial charge in [-0.05, 0) is 6.92 Å². The van der Waals surface area contributed by atoms with Crippen LogP contribution in [-0.4, -0.2) is 11.4 Å². The van der Waals surface area contributed by atoms with Gasteiger partial charge in [0, 0.05) is 5.38 Å². The molecular formula is C7H12N2OS. The number of thiazole rings is 1. The lowest BCUT2D eigenvalue weighted by molar-refractivity contribution is -0.105. The Morgan fingerprint density at radius 2 is 2.27 bits per heavy atom. The maximum Gasteiger partial charge on any atom is 0.213 e. The topological polar surface area (TPSA) is 42.0 Å². The number of carbonyl (C=O) groups is 1. The predicted octanol–water partition coefficient (Wildman–Crippen LogP) is 2.05. The first-order chi connectivity index (χ1) is 5.33. The Morgan fingerprint density at radius 3 is 2.64 bits per heavy atom. The van der Waals surface area contributed by atoms with E-state index in [0.29, 0.717) is 11.5 Å². The Bertz CT molecular complexity index is 210. The second-order valence-corrected chi connectivity index (χ2v) is 2.41. The van der Waals surface area contributed by atoms with Crippen LogP contribution < -0.4 is 5.32 Å². The molecule has 1 N–H and O–H groups in total. The van der Waals surface area contributed by atoms with E-state index in [9.17, 15) is 4.79 Å². The number of hydrogen-bond donors (Lipinski definition) is 1. The molecule has 0 fully saturated rings. The normalized spacial score (nSPS) is 7.91. The Balaban J connectivity index is 0.000000461. The van der Waals surface area contributed by atoms with Crippen molar-refractivity contribution in [2.45, 2.75) is 20.8 Å². The molecule has 0 aliphatic carbocycles. The maximum absolute atomic E-state index is 9.84. The Hall–Kier alpha value is -0.900. The van der Waals surface area contributed by atoms with Gasteiger partial charge in [0.2, 0.25) is 6.41 Å². The first kappa shape index (κ1) is 10.1. The van der Waals surface area contributed by atoms with E-state index in [2.05, 4.69) is 10.3 Å². The van der Waals surface area contributed by atoms with Gasteiger partial charge in [-0.3, -0.25) is 4.79 Å². The quantitative estimate of drug-likeness (QED) is 0.694. The van der Waals surface area contributed by atoms with Crippen LogP contribution in [0.3, 0.4) is 0 Å². The molecule has 0 saturated carbocycles. The fourth-order valence-corrected chi connectivity index (χ4v) is 1.12. The van der Waals surface area contributed by atoms with Crippen LogP contribution in [0.1, 0.15) is 19.5 Å². The van der Waals surface area contributed by atoms with Crippen molar-refractivity contribution in [3.05, 3.63) is 11.1 Å². The first-order valence-corrected chi connectivity index (χ1v) is 4.33. The van der Waals surface area contributed by atoms with E-state index >= 15 is 0 Å². The van der Waals surface area contributed by atoms with Crippen molar-refractivity contribution in [2.75, 3.05) is 5.32 Å². The van der Waals surface area contributed by atoms with E-state index in [0.717, 1.165) is 5.69 Å². The molecule has 1 rings (SSSR count). The van der Waals surface area contributed by atoms with Crippen LogP contribution in [0.25, 0.3) is 0 Å². The van der Waals surface area contributed by atoms with Crippen molar-refractivity contribution in [3.8, 4) is 0 Å². The Labute approximate surface area is 70.5 Å². The van der Waals surface area contributed by atoms with Crippen LogP contribution in [-0.2, 0) is 4.79 Å². The standard InChI is InChI=1S/C5H6N2OS.C2H6/c1-4-2-9-5(7-4)6-3-8;1-2/h2-3H,1H3,(H,6,7,8);1-2H3. The fourth-order valence-electron chi connectivity index (χ4n) is 0.471. The molecule has 0 aliphatic heterocycles. The third kappa shape index (κ3) is 3.72. The van der Waals surface area contributed by atoms with Gasteiger partial charge in [-0.15, -0.1) is 11.3 Å². The Morgan fingerprint density at radius 1 is 1.64 bits per heavy atom. The summed E-state index contributed by atoms with van der Waals surface area (Å²) < 4.78 is 0. The van der Waals surface area contributed by atoms with Gasteiger partial charge >= 0.3 is 0 Å². The van der Waals surface area contributed by atoms with Crippen LogP contribution in [0.4, 0.5) is 5.13 Å². The van der Waals surface area contributed by atoms with Crippen molar-refractivity contribution < 1.29 is 4.79 Å². The van der Waals surface area contributed by atoms with Crippen LogP contribution in [0.2, 0.25) is 0 Å². The number of carbonyl (C=O) groups excluding carboxylic acids is 1. The van der Waals surface area contributed by atoms with Crippen molar-refractivity contribution in [1.82, 2.24) is 4.98 Å². The number of aryl methyl sites for hydroxylation is 1. The molecule has 1 amide bonds. The summed E-state index contributed by atoms with van der Waals surface area (Å²) in [5.41, 5.74) is 0.935. The molecule has 0 aliphatic rings. The lowest BCUT2D eigenvalue weighted by atomic mass is 10.6. The molecule has 0 unspecified atom stereocenters. The summed E-state index contributed by atoms with van der Waals surface area (Å²) in [5.74, 6) is 0. The average Bonchev–Trinajstić information content (AvgIpc) is 2.41. The highest BCUT2D eigenvalue weighted by molar-refractivity contribution is 7.13. The molecule has 0 radical (unpaired) electrons. The number of nitrogens with one attached hydrogen (secondary N) is 1. The molecule has 0 aromatic carbocycles. The van der Waals surface area contributed by atoms with Crippen molar-refractivity contribution >= 4 is 22.9 Å². The average molecular weight is 172 g/mol. The van der Waals surface area contributed by atoms with E-state index in [4.69, 9.17) is 0 Å². The lowest BCUT2D eigenvalue weighted by Gasteiger charge is -1.84. The molecule has 3 nitrogen and oxygen atoms in total. The van der Waals surface area contributed by atoms with Gasteiger partial charge in [0.1, 0.15) is 0 Å². The second-order valence-electron chi connectivity index (χ2n) is 1.56. The zero-order chi connectivity index (χ0) is 8.69. The molecule has 62 valence electrons. The van der Waals surface area contributed by atoms with E-state index < -0.39 is 0 Å². The van der Waals surface area contributed by atoms with Crippen LogP contribution >= 0.6 is 11.3 Å². The van der Waals surface area contributed by atoms with Gasteiger partial charge in [-0.2, -0.15) is 0 Å². The van der Waals surface area contributed by atoms with Gasteiger partial charge in [0.05, 0.1) is 5.69 Å². The molecule has 4 heteroatoms. The van der Waals surface area contributed by atoms with Gasteiger partial charge < -0.3 is 5.32 Å². The molecule has 0 spiro atoms. The highest BCUT2D eigenvalue weighted by Gasteiger charge is 1.92. The summed E-state index contributed by atoms with van der Waals surface area (Å²) in [6.45, 7) is 5.88. The number of aromatic nitrogens is 1. The number of hydrogen-bond acceptors (Lipinski definition) is 3. The summed E-state index contributed by atoms with van der Waals surface area (Å²) in [7, 11) is 0. The zero-order valence-corrected chi connectivity index (χ0v) is 7.73. The highest BCUT2D eigenvalue weighted by atomic mass is 32.1. The van der Waals surface area contributed by atoms with E-state index in [1.54, 1.807) is 0 Å². The van der Waals surface area contributed by atoms with E-state index in [1.165, 1.54) is 11.3 Å². The summed E-state index contributed by atoms with van der Waals surface area (Å²) in [6, 6.07) is 0. The van der Waals surface area contributed by atoms with Gasteiger partial charge in [0.15, 0.2) is 5.13 Å². The Kier molecular flexibility index (Phi) is 5.37. The molecule has 0 atom stereocenters. The van der Waals surface area contributed by atoms with E-state index in [1.807, 2.05) is 26.2 Å². The first-order valence-electron chi connectivity index (χ1n) is 3.45. The summed E-state index contributed by atoms with van der Waals surface area (Å²) in [6.07, 6.45) is 0.623. The van der Waals surface area contributed by atoms with Crippen molar-refractivity contribution in [2.24, 2.45) is 0 Å². The largest absolute Gasteiger partial charge is 0.305 e. The minimum atomic E-state index is 0.623. The minimum absolute atomic E-state index is 0.623. The third-order valence-electron chi connectivity index (χ3n) is 0.801. The van der Waals surface area contributed by atoms with Crippen LogP contribution in [0, 0.1) is 6.92 Å². The summed E-state index contributed by atoms with van der Waals surface area (Å²) in [5, 5.41) is 4.99. The number of rotatable bonds is 2. The minimum Gasteiger partial charge on any atom is -0.305 e. The SMILES string of the molecule is CC.Cc1csc(NC=O)n1. The zero-order valence-electron chi connectivity index (χ0n) is 6.92. The third-order valence-corrected chi connectivity index (χ3v) is 1.69. The summed E-state index contributed by atoms with van der Waals surface area (Å²) >= 11 is 1.42. The molecule has 0 saturated heterocycles. The van der Waals surface area contributed by atoms with Crippen LogP contribution in [0.5, 0.6) is 0 Å². The fraction of sp³-hybridized carbons (Fsp3) is 0.429.